The van der Waals surface area contributed by atoms with Crippen LogP contribution in [-0.2, 0) is 32.5 Å². The second-order valence-corrected chi connectivity index (χ2v) is 11.2. The van der Waals surface area contributed by atoms with Gasteiger partial charge in [0.15, 0.2) is 0 Å². The standard InChI is InChI=1S/C26H33N3O4S/c1-19-7-9-21(10-8-19)13-14-27-26(31)25-18-22-17-23(11-12-24(22)29(25)20(2)30)34(32,33)28-15-5-3-4-6-16-28/h7-12,17,25H,3-6,13-16,18H2,1-2H3,(H,27,31)/t25-/m0/s1. The van der Waals surface area contributed by atoms with Crippen molar-refractivity contribution in [1.29, 1.82) is 0 Å². The van der Waals surface area contributed by atoms with Gasteiger partial charge in [-0.1, -0.05) is 42.7 Å². The van der Waals surface area contributed by atoms with Gasteiger partial charge in [-0.15, -0.1) is 0 Å². The Morgan fingerprint density at radius 1 is 1.00 bits per heavy atom. The highest BCUT2D eigenvalue weighted by atomic mass is 32.2. The minimum Gasteiger partial charge on any atom is -0.354 e. The van der Waals surface area contributed by atoms with Crippen LogP contribution in [-0.4, -0.2) is 50.2 Å². The average molecular weight is 484 g/mol. The van der Waals surface area contributed by atoms with Gasteiger partial charge in [-0.05, 0) is 55.5 Å². The van der Waals surface area contributed by atoms with Crippen LogP contribution >= 0.6 is 0 Å². The highest BCUT2D eigenvalue weighted by Gasteiger charge is 2.38. The molecule has 0 bridgehead atoms. The molecule has 0 aliphatic carbocycles. The molecule has 1 fully saturated rings. The first-order valence-corrected chi connectivity index (χ1v) is 13.5. The molecule has 0 unspecified atom stereocenters. The number of nitrogens with zero attached hydrogens (tertiary/aromatic N) is 2. The maximum absolute atomic E-state index is 13.2. The molecular weight excluding hydrogens is 450 g/mol. The zero-order valence-corrected chi connectivity index (χ0v) is 20.7. The molecule has 8 heteroatoms. The van der Waals surface area contributed by atoms with Gasteiger partial charge in [-0.2, -0.15) is 4.31 Å². The molecule has 0 spiro atoms. The SMILES string of the molecule is CC(=O)N1c2ccc(S(=O)(=O)N3CCCCCC3)cc2C[C@H]1C(=O)NCCc1ccc(C)cc1. The van der Waals surface area contributed by atoms with E-state index in [1.165, 1.54) is 17.4 Å². The molecule has 1 atom stereocenters. The van der Waals surface area contributed by atoms with Crippen molar-refractivity contribution in [3.05, 3.63) is 59.2 Å². The van der Waals surface area contributed by atoms with Crippen molar-refractivity contribution < 1.29 is 18.0 Å². The number of carbonyl (C=O) groups is 2. The Balaban J connectivity index is 1.48. The topological polar surface area (TPSA) is 86.8 Å². The number of amides is 2. The molecule has 0 aromatic heterocycles. The minimum atomic E-state index is -3.60. The summed E-state index contributed by atoms with van der Waals surface area (Å²) in [6.07, 6.45) is 4.83. The van der Waals surface area contributed by atoms with Crippen LogP contribution in [0.2, 0.25) is 0 Å². The summed E-state index contributed by atoms with van der Waals surface area (Å²) in [4.78, 5) is 27.2. The first-order chi connectivity index (χ1) is 16.3. The van der Waals surface area contributed by atoms with Crippen molar-refractivity contribution >= 4 is 27.5 Å². The van der Waals surface area contributed by atoms with Crippen LogP contribution in [0.15, 0.2) is 47.4 Å². The third-order valence-electron chi connectivity index (χ3n) is 6.71. The van der Waals surface area contributed by atoms with Gasteiger partial charge in [0.25, 0.3) is 0 Å². The van der Waals surface area contributed by atoms with E-state index >= 15 is 0 Å². The summed E-state index contributed by atoms with van der Waals surface area (Å²) < 4.78 is 28.0. The van der Waals surface area contributed by atoms with E-state index < -0.39 is 16.1 Å². The van der Waals surface area contributed by atoms with Crippen molar-refractivity contribution in [1.82, 2.24) is 9.62 Å². The van der Waals surface area contributed by atoms with Gasteiger partial charge >= 0.3 is 0 Å². The lowest BCUT2D eigenvalue weighted by Crippen LogP contribution is -2.47. The Morgan fingerprint density at radius 3 is 2.32 bits per heavy atom. The number of hydrogen-bond donors (Lipinski definition) is 1. The maximum Gasteiger partial charge on any atom is 0.243 e. The number of benzene rings is 2. The fraction of sp³-hybridized carbons (Fsp3) is 0.462. The fourth-order valence-electron chi connectivity index (χ4n) is 4.82. The van der Waals surface area contributed by atoms with Crippen molar-refractivity contribution in [3.63, 3.8) is 0 Å². The third kappa shape index (κ3) is 5.18. The van der Waals surface area contributed by atoms with Gasteiger partial charge in [-0.25, -0.2) is 8.42 Å². The third-order valence-corrected chi connectivity index (χ3v) is 8.61. The smallest absolute Gasteiger partial charge is 0.243 e. The van der Waals surface area contributed by atoms with Gasteiger partial charge in [-0.3, -0.25) is 14.5 Å². The predicted octanol–water partition coefficient (Wildman–Crippen LogP) is 3.20. The van der Waals surface area contributed by atoms with Gasteiger partial charge in [0.05, 0.1) is 4.90 Å². The molecule has 7 nitrogen and oxygen atoms in total. The Bertz CT molecular complexity index is 1150. The van der Waals surface area contributed by atoms with Crippen molar-refractivity contribution in [2.75, 3.05) is 24.5 Å². The van der Waals surface area contributed by atoms with E-state index in [9.17, 15) is 18.0 Å². The molecule has 2 aliphatic heterocycles. The zero-order chi connectivity index (χ0) is 24.3. The maximum atomic E-state index is 13.2. The minimum absolute atomic E-state index is 0.226. The largest absolute Gasteiger partial charge is 0.354 e. The van der Waals surface area contributed by atoms with E-state index in [1.54, 1.807) is 22.5 Å². The molecule has 4 rings (SSSR count). The summed E-state index contributed by atoms with van der Waals surface area (Å²) >= 11 is 0. The second kappa shape index (κ2) is 10.3. The number of aryl methyl sites for hydroxylation is 1. The van der Waals surface area contributed by atoms with Crippen LogP contribution < -0.4 is 10.2 Å². The van der Waals surface area contributed by atoms with Gasteiger partial charge in [0, 0.05) is 38.7 Å². The second-order valence-electron chi connectivity index (χ2n) is 9.24. The van der Waals surface area contributed by atoms with Crippen molar-refractivity contribution in [2.24, 2.45) is 0 Å². The van der Waals surface area contributed by atoms with E-state index in [0.29, 0.717) is 43.7 Å². The van der Waals surface area contributed by atoms with E-state index in [-0.39, 0.29) is 16.7 Å². The van der Waals surface area contributed by atoms with Crippen LogP contribution in [0.5, 0.6) is 0 Å². The number of sulfonamides is 1. The number of hydrogen-bond acceptors (Lipinski definition) is 4. The van der Waals surface area contributed by atoms with Crippen LogP contribution in [0.1, 0.15) is 49.3 Å². The van der Waals surface area contributed by atoms with Crippen molar-refractivity contribution in [3.8, 4) is 0 Å². The number of carbonyl (C=O) groups excluding carboxylic acids is 2. The highest BCUT2D eigenvalue weighted by molar-refractivity contribution is 7.89. The van der Waals surface area contributed by atoms with E-state index in [0.717, 1.165) is 31.2 Å². The van der Waals surface area contributed by atoms with Gasteiger partial charge in [0.2, 0.25) is 21.8 Å². The summed E-state index contributed by atoms with van der Waals surface area (Å²) in [5, 5.41) is 2.95. The molecule has 0 saturated carbocycles. The van der Waals surface area contributed by atoms with Crippen molar-refractivity contribution in [2.45, 2.75) is 63.3 Å². The lowest BCUT2D eigenvalue weighted by Gasteiger charge is -2.24. The summed E-state index contributed by atoms with van der Waals surface area (Å²) in [7, 11) is -3.60. The molecule has 1 N–H and O–H groups in total. The Morgan fingerprint density at radius 2 is 1.68 bits per heavy atom. The Kier molecular flexibility index (Phi) is 7.38. The van der Waals surface area contributed by atoms with E-state index in [2.05, 4.69) is 5.32 Å². The average Bonchev–Trinajstić information content (AvgIpc) is 2.98. The summed E-state index contributed by atoms with van der Waals surface area (Å²) in [6.45, 7) is 5.00. The van der Waals surface area contributed by atoms with Gasteiger partial charge < -0.3 is 5.32 Å². The molecule has 2 amide bonds. The van der Waals surface area contributed by atoms with E-state index in [4.69, 9.17) is 0 Å². The molecule has 34 heavy (non-hydrogen) atoms. The lowest BCUT2D eigenvalue weighted by atomic mass is 10.1. The molecule has 182 valence electrons. The number of fused-ring (bicyclic) bond motifs is 1. The molecule has 2 aromatic carbocycles. The van der Waals surface area contributed by atoms with Crippen LogP contribution in [0.3, 0.4) is 0 Å². The highest BCUT2D eigenvalue weighted by Crippen LogP contribution is 2.35. The summed E-state index contributed by atoms with van der Waals surface area (Å²) in [5.74, 6) is -0.462. The Labute approximate surface area is 202 Å². The summed E-state index contributed by atoms with van der Waals surface area (Å²) in [5.41, 5.74) is 3.64. The number of anilines is 1. The first-order valence-electron chi connectivity index (χ1n) is 12.0. The molecule has 2 aromatic rings. The number of rotatable bonds is 6. The van der Waals surface area contributed by atoms with Crippen LogP contribution in [0.4, 0.5) is 5.69 Å². The number of nitrogens with one attached hydrogen (secondary N) is 1. The molecule has 1 saturated heterocycles. The zero-order valence-electron chi connectivity index (χ0n) is 19.9. The normalized spacial score (nSPS) is 18.9. The monoisotopic (exact) mass is 483 g/mol. The van der Waals surface area contributed by atoms with Crippen LogP contribution in [0, 0.1) is 6.92 Å². The first kappa shape index (κ1) is 24.4. The van der Waals surface area contributed by atoms with Crippen LogP contribution in [0.25, 0.3) is 0 Å². The van der Waals surface area contributed by atoms with Gasteiger partial charge in [0.1, 0.15) is 6.04 Å². The summed E-state index contributed by atoms with van der Waals surface area (Å²) in [6, 6.07) is 12.4. The molecule has 2 aliphatic rings. The Hall–Kier alpha value is -2.71. The fourth-order valence-corrected chi connectivity index (χ4v) is 6.39. The molecule has 0 radical (unpaired) electrons. The molecule has 2 heterocycles. The lowest BCUT2D eigenvalue weighted by molar-refractivity contribution is -0.125. The predicted molar refractivity (Wildman–Crippen MR) is 132 cm³/mol. The quantitative estimate of drug-likeness (QED) is 0.684. The molecular formula is C26H33N3O4S. The van der Waals surface area contributed by atoms with E-state index in [1.807, 2.05) is 31.2 Å².